The number of aryl methyl sites for hydroxylation is 2. The maximum Gasteiger partial charge on any atom is 0.337 e. The van der Waals surface area contributed by atoms with E-state index in [-0.39, 0.29) is 25.7 Å². The van der Waals surface area contributed by atoms with Gasteiger partial charge in [0.25, 0.3) is 0 Å². The Kier molecular flexibility index (Phi) is 7.49. The van der Waals surface area contributed by atoms with E-state index in [1.807, 2.05) is 56.3 Å². The number of rotatable bonds is 9. The zero-order chi connectivity index (χ0) is 21.3. The largest absolute Gasteiger partial charge is 0.490 e. The molecule has 6 nitrogen and oxygen atoms in total. The minimum Gasteiger partial charge on any atom is -0.490 e. The zero-order valence-corrected chi connectivity index (χ0v) is 17.4. The molecule has 0 unspecified atom stereocenters. The van der Waals surface area contributed by atoms with Crippen molar-refractivity contribution in [2.24, 2.45) is 0 Å². The highest BCUT2D eigenvalue weighted by molar-refractivity contribution is 5.95. The highest BCUT2D eigenvalue weighted by atomic mass is 16.5. The molecule has 1 heterocycles. The first kappa shape index (κ1) is 21.4. The molecule has 1 aliphatic heterocycles. The molecule has 0 fully saturated rings. The normalized spacial score (nSPS) is 12.3. The molecule has 1 N–H and O–H groups in total. The Morgan fingerprint density at radius 3 is 2.70 bits per heavy atom. The number of esters is 1. The third kappa shape index (κ3) is 5.86. The van der Waals surface area contributed by atoms with Gasteiger partial charge in [0.1, 0.15) is 13.2 Å². The quantitative estimate of drug-likeness (QED) is 0.507. The van der Waals surface area contributed by atoms with Crippen LogP contribution in [0.4, 0.5) is 0 Å². The third-order valence-corrected chi connectivity index (χ3v) is 4.69. The van der Waals surface area contributed by atoms with E-state index in [2.05, 4.69) is 5.32 Å². The van der Waals surface area contributed by atoms with Crippen LogP contribution in [0.2, 0.25) is 0 Å². The maximum atomic E-state index is 12.3. The van der Waals surface area contributed by atoms with Crippen molar-refractivity contribution in [2.45, 2.75) is 26.7 Å². The maximum absolute atomic E-state index is 12.3. The van der Waals surface area contributed by atoms with E-state index in [9.17, 15) is 9.59 Å². The predicted molar refractivity (Wildman–Crippen MR) is 115 cm³/mol. The van der Waals surface area contributed by atoms with E-state index in [1.165, 1.54) is 5.56 Å². The van der Waals surface area contributed by atoms with E-state index in [1.54, 1.807) is 6.08 Å². The average molecular weight is 409 g/mol. The highest BCUT2D eigenvalue weighted by Gasteiger charge is 2.21. The molecular formula is C24H27NO5. The SMILES string of the molecule is CCOc1cccc2c1OCC(C(=O)OCCNC(=O)CCc1ccc(C)cc1)=C2. The van der Waals surface area contributed by atoms with Gasteiger partial charge in [-0.15, -0.1) is 0 Å². The molecule has 30 heavy (non-hydrogen) atoms. The van der Waals surface area contributed by atoms with Gasteiger partial charge in [-0.05, 0) is 38.0 Å². The van der Waals surface area contributed by atoms with E-state index < -0.39 is 5.97 Å². The van der Waals surface area contributed by atoms with Crippen molar-refractivity contribution in [3.05, 3.63) is 64.7 Å². The highest BCUT2D eigenvalue weighted by Crippen LogP contribution is 2.35. The van der Waals surface area contributed by atoms with Gasteiger partial charge in [0.15, 0.2) is 11.5 Å². The van der Waals surface area contributed by atoms with Crippen LogP contribution in [0.15, 0.2) is 48.0 Å². The molecule has 0 spiro atoms. The van der Waals surface area contributed by atoms with Crippen molar-refractivity contribution in [3.8, 4) is 11.5 Å². The number of benzene rings is 2. The van der Waals surface area contributed by atoms with Crippen LogP contribution in [0.1, 0.15) is 30.0 Å². The topological polar surface area (TPSA) is 73.9 Å². The number of hydrogen-bond acceptors (Lipinski definition) is 5. The summed E-state index contributed by atoms with van der Waals surface area (Å²) in [6, 6.07) is 13.7. The molecule has 0 radical (unpaired) electrons. The monoisotopic (exact) mass is 409 g/mol. The van der Waals surface area contributed by atoms with E-state index in [4.69, 9.17) is 14.2 Å². The van der Waals surface area contributed by atoms with Crippen molar-refractivity contribution in [3.63, 3.8) is 0 Å². The molecular weight excluding hydrogens is 382 g/mol. The minimum atomic E-state index is -0.448. The number of para-hydroxylation sites is 1. The first-order chi connectivity index (χ1) is 14.6. The van der Waals surface area contributed by atoms with E-state index in [0.717, 1.165) is 11.1 Å². The summed E-state index contributed by atoms with van der Waals surface area (Å²) in [6.07, 6.45) is 2.83. The third-order valence-electron chi connectivity index (χ3n) is 4.69. The summed E-state index contributed by atoms with van der Waals surface area (Å²) in [6.45, 7) is 4.98. The van der Waals surface area contributed by atoms with Crippen LogP contribution >= 0.6 is 0 Å². The summed E-state index contributed by atoms with van der Waals surface area (Å²) < 4.78 is 16.5. The molecule has 2 aromatic carbocycles. The Labute approximate surface area is 176 Å². The second-order valence-electron chi connectivity index (χ2n) is 7.04. The molecule has 1 amide bonds. The van der Waals surface area contributed by atoms with Gasteiger partial charge in [-0.2, -0.15) is 0 Å². The molecule has 0 saturated carbocycles. The molecule has 1 aliphatic rings. The summed E-state index contributed by atoms with van der Waals surface area (Å²) in [4.78, 5) is 24.2. The van der Waals surface area contributed by atoms with Crippen molar-refractivity contribution >= 4 is 18.0 Å². The van der Waals surface area contributed by atoms with Crippen LogP contribution in [-0.4, -0.2) is 38.2 Å². The number of carbonyl (C=O) groups is 2. The fraction of sp³-hybridized carbons (Fsp3) is 0.333. The van der Waals surface area contributed by atoms with Crippen LogP contribution in [-0.2, 0) is 20.7 Å². The summed E-state index contributed by atoms with van der Waals surface area (Å²) in [5.74, 6) is 0.782. The lowest BCUT2D eigenvalue weighted by atomic mass is 10.1. The number of ether oxygens (including phenoxy) is 3. The van der Waals surface area contributed by atoms with E-state index in [0.29, 0.717) is 36.5 Å². The Balaban J connectivity index is 1.41. The molecule has 0 bridgehead atoms. The van der Waals surface area contributed by atoms with Crippen LogP contribution in [0.5, 0.6) is 11.5 Å². The predicted octanol–water partition coefficient (Wildman–Crippen LogP) is 3.46. The molecule has 0 saturated heterocycles. The molecule has 2 aromatic rings. The molecule has 0 aliphatic carbocycles. The molecule has 6 heteroatoms. The molecule has 0 aromatic heterocycles. The van der Waals surface area contributed by atoms with Crippen molar-refractivity contribution in [2.75, 3.05) is 26.4 Å². The number of carbonyl (C=O) groups excluding carboxylic acids is 2. The Hall–Kier alpha value is -3.28. The lowest BCUT2D eigenvalue weighted by Crippen LogP contribution is -2.29. The van der Waals surface area contributed by atoms with E-state index >= 15 is 0 Å². The molecule has 0 atom stereocenters. The first-order valence-corrected chi connectivity index (χ1v) is 10.2. The second-order valence-corrected chi connectivity index (χ2v) is 7.04. The van der Waals surface area contributed by atoms with Crippen molar-refractivity contribution in [1.29, 1.82) is 0 Å². The van der Waals surface area contributed by atoms with Crippen LogP contribution in [0.3, 0.4) is 0 Å². The molecule has 158 valence electrons. The van der Waals surface area contributed by atoms with Gasteiger partial charge in [-0.1, -0.05) is 42.0 Å². The number of amides is 1. The van der Waals surface area contributed by atoms with Crippen LogP contribution < -0.4 is 14.8 Å². The van der Waals surface area contributed by atoms with Gasteiger partial charge in [0.2, 0.25) is 5.91 Å². The van der Waals surface area contributed by atoms with Gasteiger partial charge in [0.05, 0.1) is 18.7 Å². The lowest BCUT2D eigenvalue weighted by Gasteiger charge is -2.19. The summed E-state index contributed by atoms with van der Waals surface area (Å²) in [7, 11) is 0. The van der Waals surface area contributed by atoms with Gasteiger partial charge < -0.3 is 19.5 Å². The van der Waals surface area contributed by atoms with Crippen LogP contribution in [0, 0.1) is 6.92 Å². The average Bonchev–Trinajstić information content (AvgIpc) is 2.76. The Bertz CT molecular complexity index is 918. The van der Waals surface area contributed by atoms with Crippen molar-refractivity contribution in [1.82, 2.24) is 5.32 Å². The number of fused-ring (bicyclic) bond motifs is 1. The van der Waals surface area contributed by atoms with Crippen molar-refractivity contribution < 1.29 is 23.8 Å². The number of hydrogen-bond donors (Lipinski definition) is 1. The standard InChI is InChI=1S/C24H27NO5/c1-3-28-21-6-4-5-19-15-20(16-30-23(19)21)24(27)29-14-13-25-22(26)12-11-18-9-7-17(2)8-10-18/h4-10,15H,3,11-14,16H2,1-2H3,(H,25,26). The summed E-state index contributed by atoms with van der Waals surface area (Å²) in [5, 5.41) is 2.78. The zero-order valence-electron chi connectivity index (χ0n) is 17.4. The summed E-state index contributed by atoms with van der Waals surface area (Å²) >= 11 is 0. The van der Waals surface area contributed by atoms with Gasteiger partial charge in [-0.25, -0.2) is 4.79 Å². The summed E-state index contributed by atoms with van der Waals surface area (Å²) in [5.41, 5.74) is 3.53. The minimum absolute atomic E-state index is 0.0655. The lowest BCUT2D eigenvalue weighted by molar-refractivity contribution is -0.139. The molecule has 3 rings (SSSR count). The second kappa shape index (κ2) is 10.5. The fourth-order valence-corrected chi connectivity index (χ4v) is 3.10. The van der Waals surface area contributed by atoms with Gasteiger partial charge in [0, 0.05) is 12.0 Å². The van der Waals surface area contributed by atoms with Gasteiger partial charge in [-0.3, -0.25) is 4.79 Å². The number of nitrogens with one attached hydrogen (secondary N) is 1. The Morgan fingerprint density at radius 1 is 1.13 bits per heavy atom. The van der Waals surface area contributed by atoms with Crippen LogP contribution in [0.25, 0.3) is 6.08 Å². The van der Waals surface area contributed by atoms with Gasteiger partial charge >= 0.3 is 5.97 Å². The Morgan fingerprint density at radius 2 is 1.93 bits per heavy atom. The smallest absolute Gasteiger partial charge is 0.337 e. The first-order valence-electron chi connectivity index (χ1n) is 10.2. The fourth-order valence-electron chi connectivity index (χ4n) is 3.10.